The number of aromatic amines is 1. The summed E-state index contributed by atoms with van der Waals surface area (Å²) < 4.78 is 5.34. The number of carbonyl (C=O) groups excluding carboxylic acids is 1. The molecule has 1 amide bonds. The van der Waals surface area contributed by atoms with Crippen molar-refractivity contribution in [3.8, 4) is 0 Å². The van der Waals surface area contributed by atoms with Crippen LogP contribution in [-0.2, 0) is 9.53 Å². The second kappa shape index (κ2) is 7.21. The minimum Gasteiger partial charge on any atom is -0.379 e. The van der Waals surface area contributed by atoms with E-state index in [4.69, 9.17) is 4.74 Å². The third-order valence-electron chi connectivity index (χ3n) is 4.55. The smallest absolute Gasteiger partial charge is 0.236 e. The van der Waals surface area contributed by atoms with Crippen molar-refractivity contribution >= 4 is 5.91 Å². The van der Waals surface area contributed by atoms with Gasteiger partial charge < -0.3 is 14.6 Å². The van der Waals surface area contributed by atoms with Crippen molar-refractivity contribution in [3.05, 3.63) is 18.2 Å². The van der Waals surface area contributed by atoms with Gasteiger partial charge in [-0.1, -0.05) is 6.92 Å². The highest BCUT2D eigenvalue weighted by Crippen LogP contribution is 2.22. The molecule has 2 saturated heterocycles. The number of hydrogen-bond acceptors (Lipinski definition) is 5. The summed E-state index contributed by atoms with van der Waals surface area (Å²) in [4.78, 5) is 26.7. The van der Waals surface area contributed by atoms with Crippen molar-refractivity contribution in [1.82, 2.24) is 24.7 Å². The number of nitrogens with one attached hydrogen (secondary N) is 1. The fraction of sp³-hybridized carbons (Fsp3) is 0.733. The van der Waals surface area contributed by atoms with Gasteiger partial charge in [0.1, 0.15) is 5.82 Å². The van der Waals surface area contributed by atoms with Gasteiger partial charge in [-0.25, -0.2) is 4.98 Å². The van der Waals surface area contributed by atoms with Crippen LogP contribution in [0.4, 0.5) is 0 Å². The molecular formula is C15H25N5O2. The minimum absolute atomic E-state index is 0.169. The van der Waals surface area contributed by atoms with Gasteiger partial charge in [-0.3, -0.25) is 14.6 Å². The number of aromatic nitrogens is 2. The Balaban J connectivity index is 1.61. The first kappa shape index (κ1) is 15.5. The molecule has 2 fully saturated rings. The van der Waals surface area contributed by atoms with Gasteiger partial charge in [0.05, 0.1) is 25.8 Å². The van der Waals surface area contributed by atoms with Gasteiger partial charge in [-0.15, -0.1) is 0 Å². The Kier molecular flexibility index (Phi) is 5.07. The Bertz CT molecular complexity index is 472. The van der Waals surface area contributed by atoms with E-state index in [0.717, 1.165) is 51.8 Å². The molecule has 3 rings (SSSR count). The van der Waals surface area contributed by atoms with E-state index in [-0.39, 0.29) is 11.9 Å². The standard InChI is InChI=1S/C15H25N5O2/c1-2-19-5-6-20(11-13(19)15-16-3-4-17-15)14(21)12-18-7-9-22-10-8-18/h3-4,13H,2,5-12H2,1H3,(H,16,17)/t13-/m1/s1. The highest BCUT2D eigenvalue weighted by atomic mass is 16.5. The van der Waals surface area contributed by atoms with Crippen LogP contribution in [0.15, 0.2) is 12.4 Å². The summed E-state index contributed by atoms with van der Waals surface area (Å²) in [6, 6.07) is 0.169. The number of hydrogen-bond donors (Lipinski definition) is 1. The highest BCUT2D eigenvalue weighted by Gasteiger charge is 2.31. The van der Waals surface area contributed by atoms with Gasteiger partial charge in [0.15, 0.2) is 0 Å². The fourth-order valence-electron chi connectivity index (χ4n) is 3.20. The molecule has 7 nitrogen and oxygen atoms in total. The molecular weight excluding hydrogens is 282 g/mol. The maximum Gasteiger partial charge on any atom is 0.236 e. The van der Waals surface area contributed by atoms with Gasteiger partial charge in [-0.2, -0.15) is 0 Å². The molecule has 7 heteroatoms. The topological polar surface area (TPSA) is 64.7 Å². The number of rotatable bonds is 4. The van der Waals surface area contributed by atoms with Crippen LogP contribution in [0.2, 0.25) is 0 Å². The first-order chi connectivity index (χ1) is 10.8. The van der Waals surface area contributed by atoms with Crippen molar-refractivity contribution in [2.45, 2.75) is 13.0 Å². The van der Waals surface area contributed by atoms with Gasteiger partial charge in [-0.05, 0) is 6.54 Å². The zero-order chi connectivity index (χ0) is 15.4. The van der Waals surface area contributed by atoms with Crippen molar-refractivity contribution in [3.63, 3.8) is 0 Å². The lowest BCUT2D eigenvalue weighted by Crippen LogP contribution is -2.53. The van der Waals surface area contributed by atoms with Gasteiger partial charge >= 0.3 is 0 Å². The molecule has 3 heterocycles. The van der Waals surface area contributed by atoms with Crippen LogP contribution in [-0.4, -0.2) is 89.6 Å². The first-order valence-electron chi connectivity index (χ1n) is 8.09. The number of ether oxygens (including phenoxy) is 1. The van der Waals surface area contributed by atoms with E-state index in [0.29, 0.717) is 13.1 Å². The fourth-order valence-corrected chi connectivity index (χ4v) is 3.20. The number of amides is 1. The number of H-pyrrole nitrogens is 1. The van der Waals surface area contributed by atoms with Crippen LogP contribution in [0.3, 0.4) is 0 Å². The Morgan fingerprint density at radius 2 is 2.18 bits per heavy atom. The lowest BCUT2D eigenvalue weighted by atomic mass is 10.1. The summed E-state index contributed by atoms with van der Waals surface area (Å²) in [5, 5.41) is 0. The molecule has 1 atom stereocenters. The number of piperazine rings is 1. The van der Waals surface area contributed by atoms with Crippen LogP contribution in [0, 0.1) is 0 Å². The van der Waals surface area contributed by atoms with Gasteiger partial charge in [0.25, 0.3) is 0 Å². The Morgan fingerprint density at radius 3 is 2.86 bits per heavy atom. The summed E-state index contributed by atoms with van der Waals surface area (Å²) in [5.74, 6) is 1.17. The van der Waals surface area contributed by atoms with E-state index in [1.807, 2.05) is 11.1 Å². The molecule has 2 aliphatic heterocycles. The maximum atomic E-state index is 12.6. The van der Waals surface area contributed by atoms with Crippen LogP contribution >= 0.6 is 0 Å². The molecule has 0 radical (unpaired) electrons. The number of morpholine rings is 1. The molecule has 22 heavy (non-hydrogen) atoms. The largest absolute Gasteiger partial charge is 0.379 e. The molecule has 1 aromatic heterocycles. The number of nitrogens with zero attached hydrogens (tertiary/aromatic N) is 4. The third-order valence-corrected chi connectivity index (χ3v) is 4.55. The Labute approximate surface area is 131 Å². The van der Waals surface area contributed by atoms with Crippen LogP contribution < -0.4 is 0 Å². The van der Waals surface area contributed by atoms with Gasteiger partial charge in [0.2, 0.25) is 5.91 Å². The second-order valence-electron chi connectivity index (χ2n) is 5.85. The number of likely N-dealkylation sites (N-methyl/N-ethyl adjacent to an activating group) is 1. The zero-order valence-corrected chi connectivity index (χ0v) is 13.2. The average molecular weight is 307 g/mol. The third kappa shape index (κ3) is 3.48. The first-order valence-corrected chi connectivity index (χ1v) is 8.09. The molecule has 122 valence electrons. The zero-order valence-electron chi connectivity index (χ0n) is 13.2. The van der Waals surface area contributed by atoms with E-state index >= 15 is 0 Å². The van der Waals surface area contributed by atoms with E-state index in [9.17, 15) is 4.79 Å². The molecule has 0 spiro atoms. The SMILES string of the molecule is CCN1CCN(C(=O)CN2CCOCC2)C[C@@H]1c1ncc[nH]1. The molecule has 0 aliphatic carbocycles. The van der Waals surface area contributed by atoms with E-state index in [1.165, 1.54) is 0 Å². The van der Waals surface area contributed by atoms with E-state index in [1.54, 1.807) is 6.20 Å². The van der Waals surface area contributed by atoms with Crippen LogP contribution in [0.1, 0.15) is 18.8 Å². The Hall–Kier alpha value is -1.44. The van der Waals surface area contributed by atoms with Gasteiger partial charge in [0, 0.05) is 45.1 Å². The lowest BCUT2D eigenvalue weighted by Gasteiger charge is -2.40. The van der Waals surface area contributed by atoms with E-state index < -0.39 is 0 Å². The summed E-state index contributed by atoms with van der Waals surface area (Å²) in [6.45, 7) is 9.19. The molecule has 0 saturated carbocycles. The minimum atomic E-state index is 0.169. The van der Waals surface area contributed by atoms with Crippen molar-refractivity contribution < 1.29 is 9.53 Å². The molecule has 1 N–H and O–H groups in total. The van der Waals surface area contributed by atoms with Crippen molar-refractivity contribution in [2.24, 2.45) is 0 Å². The molecule has 2 aliphatic rings. The average Bonchev–Trinajstić information content (AvgIpc) is 3.09. The normalized spacial score (nSPS) is 24.6. The summed E-state index contributed by atoms with van der Waals surface area (Å²) in [6.07, 6.45) is 3.62. The maximum absolute atomic E-state index is 12.6. The summed E-state index contributed by atoms with van der Waals surface area (Å²) in [7, 11) is 0. The van der Waals surface area contributed by atoms with E-state index in [2.05, 4.69) is 26.7 Å². The Morgan fingerprint density at radius 1 is 1.36 bits per heavy atom. The highest BCUT2D eigenvalue weighted by molar-refractivity contribution is 5.78. The quantitative estimate of drug-likeness (QED) is 0.845. The van der Waals surface area contributed by atoms with Crippen molar-refractivity contribution in [2.75, 3.05) is 59.0 Å². The monoisotopic (exact) mass is 307 g/mol. The predicted molar refractivity (Wildman–Crippen MR) is 82.4 cm³/mol. The molecule has 0 bridgehead atoms. The summed E-state index contributed by atoms with van der Waals surface area (Å²) in [5.41, 5.74) is 0. The van der Waals surface area contributed by atoms with Crippen molar-refractivity contribution in [1.29, 1.82) is 0 Å². The molecule has 0 unspecified atom stereocenters. The van der Waals surface area contributed by atoms with Crippen LogP contribution in [0.5, 0.6) is 0 Å². The molecule has 0 aromatic carbocycles. The van der Waals surface area contributed by atoms with Crippen LogP contribution in [0.25, 0.3) is 0 Å². The predicted octanol–water partition coefficient (Wildman–Crippen LogP) is -0.0529. The lowest BCUT2D eigenvalue weighted by molar-refractivity contribution is -0.136. The molecule has 1 aromatic rings. The second-order valence-corrected chi connectivity index (χ2v) is 5.85. The number of carbonyl (C=O) groups is 1. The summed E-state index contributed by atoms with van der Waals surface area (Å²) >= 11 is 0. The number of imidazole rings is 1.